The van der Waals surface area contributed by atoms with E-state index in [0.717, 1.165) is 10.0 Å². The molecule has 0 bridgehead atoms. The number of carbonyl (C=O) groups excluding carboxylic acids is 1. The van der Waals surface area contributed by atoms with Gasteiger partial charge in [0, 0.05) is 16.9 Å². The van der Waals surface area contributed by atoms with E-state index < -0.39 is 6.10 Å². The second kappa shape index (κ2) is 6.77. The second-order valence-corrected chi connectivity index (χ2v) is 5.25. The van der Waals surface area contributed by atoms with Crippen molar-refractivity contribution < 1.29 is 9.90 Å². The summed E-state index contributed by atoms with van der Waals surface area (Å²) in [6, 6.07) is 7.64. The molecule has 1 rings (SSSR count). The summed E-state index contributed by atoms with van der Waals surface area (Å²) < 4.78 is 0.931. The van der Waals surface area contributed by atoms with Crippen molar-refractivity contribution in [2.24, 2.45) is 0 Å². The molecule has 1 atom stereocenters. The Morgan fingerprint density at radius 3 is 2.76 bits per heavy atom. The lowest BCUT2D eigenvalue weighted by Gasteiger charge is -2.12. The molecule has 0 radical (unpaired) electrons. The summed E-state index contributed by atoms with van der Waals surface area (Å²) in [4.78, 5) is 11.4. The third kappa shape index (κ3) is 5.33. The molecule has 17 heavy (non-hydrogen) atoms. The molecule has 0 heterocycles. The zero-order chi connectivity index (χ0) is 12.8. The van der Waals surface area contributed by atoms with Crippen molar-refractivity contribution in [3.63, 3.8) is 0 Å². The van der Waals surface area contributed by atoms with Crippen LogP contribution in [-0.2, 0) is 4.79 Å². The minimum Gasteiger partial charge on any atom is -0.388 e. The molecule has 1 aromatic rings. The smallest absolute Gasteiger partial charge is 0.220 e. The first-order chi connectivity index (χ1) is 7.99. The van der Waals surface area contributed by atoms with E-state index in [9.17, 15) is 9.90 Å². The monoisotopic (exact) mass is 299 g/mol. The van der Waals surface area contributed by atoms with Gasteiger partial charge in [-0.15, -0.1) is 0 Å². The van der Waals surface area contributed by atoms with Crippen LogP contribution in [0.15, 0.2) is 28.7 Å². The highest BCUT2D eigenvalue weighted by Crippen LogP contribution is 2.21. The number of aliphatic hydroxyl groups excluding tert-OH is 1. The highest BCUT2D eigenvalue weighted by molar-refractivity contribution is 9.10. The minimum atomic E-state index is -0.592. The van der Waals surface area contributed by atoms with E-state index in [2.05, 4.69) is 21.2 Å². The van der Waals surface area contributed by atoms with Gasteiger partial charge in [0.2, 0.25) is 5.91 Å². The van der Waals surface area contributed by atoms with E-state index in [4.69, 9.17) is 0 Å². The summed E-state index contributed by atoms with van der Waals surface area (Å²) in [5.41, 5.74) is 0.830. The first-order valence-electron chi connectivity index (χ1n) is 5.72. The molecule has 0 saturated carbocycles. The SMILES string of the molecule is CC(C)NC(=O)CCC(O)c1cccc(Br)c1. The number of hydrogen-bond donors (Lipinski definition) is 2. The number of amides is 1. The van der Waals surface area contributed by atoms with E-state index in [-0.39, 0.29) is 11.9 Å². The standard InChI is InChI=1S/C13H18BrNO2/c1-9(2)15-13(17)7-6-12(16)10-4-3-5-11(14)8-10/h3-5,8-9,12,16H,6-7H2,1-2H3,(H,15,17). The Balaban J connectivity index is 2.44. The highest BCUT2D eigenvalue weighted by atomic mass is 79.9. The molecule has 1 unspecified atom stereocenters. The number of halogens is 1. The summed E-state index contributed by atoms with van der Waals surface area (Å²) in [5, 5.41) is 12.7. The largest absolute Gasteiger partial charge is 0.388 e. The van der Waals surface area contributed by atoms with Gasteiger partial charge in [-0.05, 0) is 38.0 Å². The third-order valence-electron chi connectivity index (χ3n) is 2.33. The maximum Gasteiger partial charge on any atom is 0.220 e. The van der Waals surface area contributed by atoms with Crippen molar-refractivity contribution in [1.29, 1.82) is 0 Å². The van der Waals surface area contributed by atoms with Crippen molar-refractivity contribution in [3.8, 4) is 0 Å². The first-order valence-corrected chi connectivity index (χ1v) is 6.51. The van der Waals surface area contributed by atoms with E-state index in [1.54, 1.807) is 0 Å². The van der Waals surface area contributed by atoms with Crippen molar-refractivity contribution in [2.75, 3.05) is 0 Å². The maximum absolute atomic E-state index is 11.4. The summed E-state index contributed by atoms with van der Waals surface area (Å²) in [6.07, 6.45) is 0.186. The molecular weight excluding hydrogens is 282 g/mol. The molecule has 0 aliphatic carbocycles. The molecular formula is C13H18BrNO2. The summed E-state index contributed by atoms with van der Waals surface area (Å²) in [6.45, 7) is 3.84. The summed E-state index contributed by atoms with van der Waals surface area (Å²) in [7, 11) is 0. The topological polar surface area (TPSA) is 49.3 Å². The van der Waals surface area contributed by atoms with E-state index in [1.807, 2.05) is 38.1 Å². The molecule has 1 aromatic carbocycles. The number of carbonyl (C=O) groups is 1. The van der Waals surface area contributed by atoms with Crippen LogP contribution in [0.4, 0.5) is 0 Å². The van der Waals surface area contributed by atoms with Gasteiger partial charge in [0.15, 0.2) is 0 Å². The third-order valence-corrected chi connectivity index (χ3v) is 2.82. The normalized spacial score (nSPS) is 12.5. The van der Waals surface area contributed by atoms with Gasteiger partial charge in [-0.3, -0.25) is 4.79 Å². The molecule has 0 aliphatic rings. The fourth-order valence-corrected chi connectivity index (χ4v) is 1.96. The van der Waals surface area contributed by atoms with E-state index in [1.165, 1.54) is 0 Å². The second-order valence-electron chi connectivity index (χ2n) is 4.33. The van der Waals surface area contributed by atoms with Gasteiger partial charge in [-0.1, -0.05) is 28.1 Å². The molecule has 0 fully saturated rings. The average Bonchev–Trinajstić information content (AvgIpc) is 2.25. The van der Waals surface area contributed by atoms with Crippen molar-refractivity contribution in [3.05, 3.63) is 34.3 Å². The molecule has 3 nitrogen and oxygen atoms in total. The molecule has 4 heteroatoms. The Morgan fingerprint density at radius 2 is 2.18 bits per heavy atom. The van der Waals surface area contributed by atoms with Gasteiger partial charge >= 0.3 is 0 Å². The van der Waals surface area contributed by atoms with Gasteiger partial charge < -0.3 is 10.4 Å². The average molecular weight is 300 g/mol. The van der Waals surface area contributed by atoms with Crippen LogP contribution in [0.3, 0.4) is 0 Å². The molecule has 94 valence electrons. The number of aliphatic hydroxyl groups is 1. The quantitative estimate of drug-likeness (QED) is 0.878. The van der Waals surface area contributed by atoms with Crippen molar-refractivity contribution >= 4 is 21.8 Å². The van der Waals surface area contributed by atoms with Gasteiger partial charge in [0.05, 0.1) is 6.10 Å². The van der Waals surface area contributed by atoms with E-state index >= 15 is 0 Å². The Kier molecular flexibility index (Phi) is 5.65. The Hall–Kier alpha value is -0.870. The minimum absolute atomic E-state index is 0.0194. The fourth-order valence-electron chi connectivity index (χ4n) is 1.54. The number of hydrogen-bond acceptors (Lipinski definition) is 2. The van der Waals surface area contributed by atoms with Crippen LogP contribution in [0.25, 0.3) is 0 Å². The van der Waals surface area contributed by atoms with Gasteiger partial charge in [-0.2, -0.15) is 0 Å². The maximum atomic E-state index is 11.4. The van der Waals surface area contributed by atoms with Crippen LogP contribution in [0.1, 0.15) is 38.4 Å². The van der Waals surface area contributed by atoms with Crippen molar-refractivity contribution in [2.45, 2.75) is 38.8 Å². The lowest BCUT2D eigenvalue weighted by Crippen LogP contribution is -2.30. The molecule has 2 N–H and O–H groups in total. The molecule has 1 amide bonds. The fraction of sp³-hybridized carbons (Fsp3) is 0.462. The van der Waals surface area contributed by atoms with Crippen LogP contribution in [-0.4, -0.2) is 17.1 Å². The van der Waals surface area contributed by atoms with Gasteiger partial charge in [0.25, 0.3) is 0 Å². The van der Waals surface area contributed by atoms with Gasteiger partial charge in [-0.25, -0.2) is 0 Å². The number of rotatable bonds is 5. The molecule has 0 aliphatic heterocycles. The Labute approximate surface area is 110 Å². The van der Waals surface area contributed by atoms with Gasteiger partial charge in [0.1, 0.15) is 0 Å². The van der Waals surface area contributed by atoms with Crippen LogP contribution in [0, 0.1) is 0 Å². The number of nitrogens with one attached hydrogen (secondary N) is 1. The number of benzene rings is 1. The lowest BCUT2D eigenvalue weighted by atomic mass is 10.0. The summed E-state index contributed by atoms with van der Waals surface area (Å²) >= 11 is 3.35. The highest BCUT2D eigenvalue weighted by Gasteiger charge is 2.11. The predicted octanol–water partition coefficient (Wildman–Crippen LogP) is 2.79. The first kappa shape index (κ1) is 14.2. The summed E-state index contributed by atoms with van der Waals surface area (Å²) in [5.74, 6) is -0.0194. The lowest BCUT2D eigenvalue weighted by molar-refractivity contribution is -0.122. The Morgan fingerprint density at radius 1 is 1.47 bits per heavy atom. The molecule has 0 spiro atoms. The van der Waals surface area contributed by atoms with Crippen molar-refractivity contribution in [1.82, 2.24) is 5.32 Å². The zero-order valence-corrected chi connectivity index (χ0v) is 11.7. The van der Waals surface area contributed by atoms with Crippen LogP contribution in [0.2, 0.25) is 0 Å². The van der Waals surface area contributed by atoms with E-state index in [0.29, 0.717) is 12.8 Å². The molecule has 0 saturated heterocycles. The van der Waals surface area contributed by atoms with Crippen LogP contribution < -0.4 is 5.32 Å². The van der Waals surface area contributed by atoms with Crippen LogP contribution in [0.5, 0.6) is 0 Å². The Bertz CT molecular complexity index is 379. The predicted molar refractivity (Wildman–Crippen MR) is 71.6 cm³/mol. The zero-order valence-electron chi connectivity index (χ0n) is 10.1. The molecule has 0 aromatic heterocycles. The van der Waals surface area contributed by atoms with Crippen LogP contribution >= 0.6 is 15.9 Å².